The molecule has 1 aliphatic rings. The lowest BCUT2D eigenvalue weighted by molar-refractivity contribution is 0.163. The number of hydrogen-bond acceptors (Lipinski definition) is 3. The molecule has 0 aromatic heterocycles. The fourth-order valence-corrected chi connectivity index (χ4v) is 3.95. The van der Waals surface area contributed by atoms with Crippen LogP contribution in [0.1, 0.15) is 30.0 Å². The normalized spacial score (nSPS) is 14.8. The van der Waals surface area contributed by atoms with Gasteiger partial charge in [-0.05, 0) is 41.7 Å². The molecular formula is C24H34N4O. The van der Waals surface area contributed by atoms with Crippen molar-refractivity contribution in [3.05, 3.63) is 65.2 Å². The molecule has 1 heterocycles. The van der Waals surface area contributed by atoms with Gasteiger partial charge in [0, 0.05) is 59.1 Å². The third-order valence-electron chi connectivity index (χ3n) is 5.86. The highest BCUT2D eigenvalue weighted by molar-refractivity contribution is 5.73. The van der Waals surface area contributed by atoms with Crippen molar-refractivity contribution in [3.8, 4) is 0 Å². The summed E-state index contributed by atoms with van der Waals surface area (Å²) >= 11 is 0. The number of hydrogen-bond donors (Lipinski definition) is 1. The number of urea groups is 1. The van der Waals surface area contributed by atoms with Gasteiger partial charge in [-0.15, -0.1) is 0 Å². The van der Waals surface area contributed by atoms with Gasteiger partial charge in [0.15, 0.2) is 0 Å². The highest BCUT2D eigenvalue weighted by atomic mass is 16.2. The molecule has 1 N–H and O–H groups in total. The van der Waals surface area contributed by atoms with E-state index in [-0.39, 0.29) is 6.03 Å². The zero-order chi connectivity index (χ0) is 20.8. The maximum absolute atomic E-state index is 12.6. The molecule has 2 aromatic carbocycles. The Morgan fingerprint density at radius 2 is 1.76 bits per heavy atom. The van der Waals surface area contributed by atoms with Crippen LogP contribution in [0.25, 0.3) is 0 Å². The van der Waals surface area contributed by atoms with Crippen molar-refractivity contribution in [3.63, 3.8) is 0 Å². The highest BCUT2D eigenvalue weighted by Gasteiger charge is 2.23. The SMILES string of the molecule is CC[C@H](CNC(=O)N(C)Cc1ccc(N(C)C)cc1)N1CCc2ccccc2C1. The second-order valence-corrected chi connectivity index (χ2v) is 8.15. The van der Waals surface area contributed by atoms with Crippen LogP contribution in [0.3, 0.4) is 0 Å². The van der Waals surface area contributed by atoms with Crippen LogP contribution in [0.5, 0.6) is 0 Å². The van der Waals surface area contributed by atoms with Gasteiger partial charge < -0.3 is 15.1 Å². The molecule has 0 saturated heterocycles. The van der Waals surface area contributed by atoms with Crippen molar-refractivity contribution >= 4 is 11.7 Å². The van der Waals surface area contributed by atoms with Crippen LogP contribution in [0.15, 0.2) is 48.5 Å². The van der Waals surface area contributed by atoms with Gasteiger partial charge in [0.05, 0.1) is 0 Å². The fourth-order valence-electron chi connectivity index (χ4n) is 3.95. The third kappa shape index (κ3) is 5.51. The number of amides is 2. The lowest BCUT2D eigenvalue weighted by Gasteiger charge is -2.35. The molecule has 2 aromatic rings. The minimum absolute atomic E-state index is 0.0162. The predicted octanol–water partition coefficient (Wildman–Crippen LogP) is 3.73. The zero-order valence-electron chi connectivity index (χ0n) is 18.2. The standard InChI is InChI=1S/C24H34N4O/c1-5-22(28-15-14-20-8-6-7-9-21(20)18-28)16-25-24(29)27(4)17-19-10-12-23(13-11-19)26(2)3/h6-13,22H,5,14-18H2,1-4H3,(H,25,29)/t22-/m1/s1. The first-order valence-electron chi connectivity index (χ1n) is 10.5. The Morgan fingerprint density at radius 3 is 2.41 bits per heavy atom. The Hall–Kier alpha value is -2.53. The first-order chi connectivity index (χ1) is 14.0. The van der Waals surface area contributed by atoms with Crippen LogP contribution in [-0.2, 0) is 19.5 Å². The van der Waals surface area contributed by atoms with Gasteiger partial charge in [0.25, 0.3) is 0 Å². The Kier molecular flexibility index (Phi) is 7.15. The number of nitrogens with one attached hydrogen (secondary N) is 1. The molecule has 1 aliphatic heterocycles. The van der Waals surface area contributed by atoms with Crippen molar-refractivity contribution in [1.29, 1.82) is 0 Å². The first kappa shape index (κ1) is 21.2. The molecule has 29 heavy (non-hydrogen) atoms. The maximum Gasteiger partial charge on any atom is 0.317 e. The quantitative estimate of drug-likeness (QED) is 0.778. The number of benzene rings is 2. The van der Waals surface area contributed by atoms with E-state index in [1.165, 1.54) is 11.1 Å². The Bertz CT molecular complexity index is 803. The van der Waals surface area contributed by atoms with Crippen LogP contribution >= 0.6 is 0 Å². The van der Waals surface area contributed by atoms with Crippen molar-refractivity contribution in [2.45, 2.75) is 38.9 Å². The smallest absolute Gasteiger partial charge is 0.317 e. The molecular weight excluding hydrogens is 360 g/mol. The molecule has 3 rings (SSSR count). The number of nitrogens with zero attached hydrogens (tertiary/aromatic N) is 3. The second kappa shape index (κ2) is 9.79. The minimum atomic E-state index is -0.0162. The summed E-state index contributed by atoms with van der Waals surface area (Å²) in [6, 6.07) is 17.4. The topological polar surface area (TPSA) is 38.8 Å². The molecule has 0 radical (unpaired) electrons. The zero-order valence-corrected chi connectivity index (χ0v) is 18.2. The monoisotopic (exact) mass is 394 g/mol. The summed E-state index contributed by atoms with van der Waals surface area (Å²) < 4.78 is 0. The van der Waals surface area contributed by atoms with E-state index < -0.39 is 0 Å². The van der Waals surface area contributed by atoms with E-state index in [0.717, 1.165) is 37.2 Å². The summed E-state index contributed by atoms with van der Waals surface area (Å²) in [6.07, 6.45) is 2.11. The van der Waals surface area contributed by atoms with Crippen LogP contribution in [0.2, 0.25) is 0 Å². The largest absolute Gasteiger partial charge is 0.378 e. The number of anilines is 1. The summed E-state index contributed by atoms with van der Waals surface area (Å²) in [4.78, 5) is 18.9. The summed E-state index contributed by atoms with van der Waals surface area (Å²) in [7, 11) is 5.91. The van der Waals surface area contributed by atoms with E-state index in [4.69, 9.17) is 0 Å². The van der Waals surface area contributed by atoms with Crippen molar-refractivity contribution in [2.75, 3.05) is 39.1 Å². The van der Waals surface area contributed by atoms with Gasteiger partial charge in [0.2, 0.25) is 0 Å². The molecule has 0 saturated carbocycles. The first-order valence-corrected chi connectivity index (χ1v) is 10.5. The van der Waals surface area contributed by atoms with Crippen molar-refractivity contribution in [1.82, 2.24) is 15.1 Å². The van der Waals surface area contributed by atoms with E-state index in [9.17, 15) is 4.79 Å². The number of rotatable bonds is 7. The third-order valence-corrected chi connectivity index (χ3v) is 5.86. The van der Waals surface area contributed by atoms with Gasteiger partial charge in [-0.1, -0.05) is 43.3 Å². The van der Waals surface area contributed by atoms with E-state index in [2.05, 4.69) is 70.6 Å². The fraction of sp³-hybridized carbons (Fsp3) is 0.458. The Morgan fingerprint density at radius 1 is 1.07 bits per heavy atom. The number of fused-ring (bicyclic) bond motifs is 1. The van der Waals surface area contributed by atoms with Crippen LogP contribution in [-0.4, -0.2) is 56.1 Å². The number of carbonyl (C=O) groups is 1. The van der Waals surface area contributed by atoms with Gasteiger partial charge >= 0.3 is 6.03 Å². The van der Waals surface area contributed by atoms with Crippen molar-refractivity contribution < 1.29 is 4.79 Å². The second-order valence-electron chi connectivity index (χ2n) is 8.15. The molecule has 2 amide bonds. The van der Waals surface area contributed by atoms with Crippen LogP contribution in [0, 0.1) is 0 Å². The molecule has 1 atom stereocenters. The molecule has 0 spiro atoms. The lowest BCUT2D eigenvalue weighted by Crippen LogP contribution is -2.48. The summed E-state index contributed by atoms with van der Waals surface area (Å²) in [5.74, 6) is 0. The average Bonchev–Trinajstić information content (AvgIpc) is 2.74. The highest BCUT2D eigenvalue weighted by Crippen LogP contribution is 2.21. The average molecular weight is 395 g/mol. The lowest BCUT2D eigenvalue weighted by atomic mass is 9.98. The molecule has 0 bridgehead atoms. The summed E-state index contributed by atoms with van der Waals surface area (Å²) in [5.41, 5.74) is 5.17. The maximum atomic E-state index is 12.6. The van der Waals surface area contributed by atoms with E-state index in [1.54, 1.807) is 4.90 Å². The Balaban J connectivity index is 1.50. The predicted molar refractivity (Wildman–Crippen MR) is 120 cm³/mol. The molecule has 5 nitrogen and oxygen atoms in total. The number of carbonyl (C=O) groups excluding carboxylic acids is 1. The van der Waals surface area contributed by atoms with E-state index in [0.29, 0.717) is 19.1 Å². The van der Waals surface area contributed by atoms with Crippen LogP contribution in [0.4, 0.5) is 10.5 Å². The molecule has 5 heteroatoms. The summed E-state index contributed by atoms with van der Waals surface area (Å²) in [6.45, 7) is 5.51. The summed E-state index contributed by atoms with van der Waals surface area (Å²) in [5, 5.41) is 3.14. The van der Waals surface area contributed by atoms with Crippen molar-refractivity contribution in [2.24, 2.45) is 0 Å². The van der Waals surface area contributed by atoms with E-state index in [1.807, 2.05) is 21.1 Å². The minimum Gasteiger partial charge on any atom is -0.378 e. The molecule has 156 valence electrons. The van der Waals surface area contributed by atoms with Gasteiger partial charge in [-0.3, -0.25) is 4.90 Å². The molecule has 0 unspecified atom stereocenters. The molecule has 0 aliphatic carbocycles. The van der Waals surface area contributed by atoms with Crippen LogP contribution < -0.4 is 10.2 Å². The van der Waals surface area contributed by atoms with Gasteiger partial charge in [0.1, 0.15) is 0 Å². The molecule has 0 fully saturated rings. The van der Waals surface area contributed by atoms with Gasteiger partial charge in [-0.2, -0.15) is 0 Å². The van der Waals surface area contributed by atoms with E-state index >= 15 is 0 Å². The Labute approximate surface area is 175 Å². The van der Waals surface area contributed by atoms with Gasteiger partial charge in [-0.25, -0.2) is 4.79 Å².